The molecule has 1 aromatic carbocycles. The highest BCUT2D eigenvalue weighted by Crippen LogP contribution is 2.23. The second-order valence-electron chi connectivity index (χ2n) is 3.38. The molecule has 0 unspecified atom stereocenters. The second-order valence-corrected chi connectivity index (χ2v) is 3.38. The molecule has 2 rings (SSSR count). The quantitative estimate of drug-likeness (QED) is 0.753. The molecular formula is C11H12FNO. The van der Waals surface area contributed by atoms with Gasteiger partial charge in [0.2, 0.25) is 0 Å². The van der Waals surface area contributed by atoms with Crippen molar-refractivity contribution in [1.29, 1.82) is 0 Å². The van der Waals surface area contributed by atoms with Crippen LogP contribution in [0.1, 0.15) is 11.1 Å². The number of H-pyrrole nitrogens is 1. The fraction of sp³-hybridized carbons (Fsp3) is 0.273. The van der Waals surface area contributed by atoms with Crippen molar-refractivity contribution in [2.45, 2.75) is 13.3 Å². The number of aromatic nitrogens is 1. The molecule has 0 aliphatic heterocycles. The van der Waals surface area contributed by atoms with Gasteiger partial charge in [-0.3, -0.25) is 0 Å². The molecule has 0 bridgehead atoms. The number of halogens is 1. The summed E-state index contributed by atoms with van der Waals surface area (Å²) < 4.78 is 13.2. The number of hydrogen-bond donors (Lipinski definition) is 2. The van der Waals surface area contributed by atoms with Gasteiger partial charge >= 0.3 is 0 Å². The Morgan fingerprint density at radius 3 is 2.93 bits per heavy atom. The summed E-state index contributed by atoms with van der Waals surface area (Å²) in [5.74, 6) is -0.199. The molecule has 74 valence electrons. The molecule has 2 N–H and O–H groups in total. The Balaban J connectivity index is 2.64. The van der Waals surface area contributed by atoms with Crippen LogP contribution in [0.15, 0.2) is 18.3 Å². The third-order valence-electron chi connectivity index (χ3n) is 2.52. The molecule has 1 aromatic heterocycles. The SMILES string of the molecule is Cc1c(F)ccc2c(CCO)c[nH]c12. The summed E-state index contributed by atoms with van der Waals surface area (Å²) in [6, 6.07) is 3.21. The highest BCUT2D eigenvalue weighted by atomic mass is 19.1. The van der Waals surface area contributed by atoms with Gasteiger partial charge in [-0.05, 0) is 31.0 Å². The second kappa shape index (κ2) is 3.42. The molecule has 0 aliphatic carbocycles. The standard InChI is InChI=1S/C11H12FNO/c1-7-10(12)3-2-9-8(4-5-14)6-13-11(7)9/h2-3,6,13-14H,4-5H2,1H3. The topological polar surface area (TPSA) is 36.0 Å². The fourth-order valence-electron chi connectivity index (χ4n) is 1.70. The third-order valence-corrected chi connectivity index (χ3v) is 2.52. The van der Waals surface area contributed by atoms with E-state index in [1.807, 2.05) is 6.20 Å². The fourth-order valence-corrected chi connectivity index (χ4v) is 1.70. The Labute approximate surface area is 81.4 Å². The molecule has 0 atom stereocenters. The molecule has 1 heterocycles. The molecule has 2 aromatic rings. The lowest BCUT2D eigenvalue weighted by molar-refractivity contribution is 0.300. The number of aliphatic hydroxyl groups excluding tert-OH is 1. The van der Waals surface area contributed by atoms with Crippen LogP contribution in [0.4, 0.5) is 4.39 Å². The van der Waals surface area contributed by atoms with E-state index in [4.69, 9.17) is 5.11 Å². The molecule has 0 saturated heterocycles. The number of nitrogens with one attached hydrogen (secondary N) is 1. The number of fused-ring (bicyclic) bond motifs is 1. The summed E-state index contributed by atoms with van der Waals surface area (Å²) in [5.41, 5.74) is 2.49. The number of benzene rings is 1. The van der Waals surface area contributed by atoms with Crippen LogP contribution in [0.25, 0.3) is 10.9 Å². The lowest BCUT2D eigenvalue weighted by atomic mass is 10.1. The lowest BCUT2D eigenvalue weighted by Crippen LogP contribution is -1.89. The average Bonchev–Trinajstić information content (AvgIpc) is 2.57. The van der Waals surface area contributed by atoms with E-state index >= 15 is 0 Å². The van der Waals surface area contributed by atoms with Crippen LogP contribution in [0.5, 0.6) is 0 Å². The predicted octanol–water partition coefficient (Wildman–Crippen LogP) is 2.15. The van der Waals surface area contributed by atoms with Crippen molar-refractivity contribution in [2.24, 2.45) is 0 Å². The summed E-state index contributed by atoms with van der Waals surface area (Å²) in [5, 5.41) is 9.83. The molecular weight excluding hydrogens is 181 g/mol. The summed E-state index contributed by atoms with van der Waals surface area (Å²) in [6.07, 6.45) is 2.43. The van der Waals surface area contributed by atoms with Gasteiger partial charge in [-0.2, -0.15) is 0 Å². The van der Waals surface area contributed by atoms with Gasteiger partial charge in [-0.15, -0.1) is 0 Å². The monoisotopic (exact) mass is 193 g/mol. The maximum atomic E-state index is 13.2. The number of hydrogen-bond acceptors (Lipinski definition) is 1. The van der Waals surface area contributed by atoms with Crippen LogP contribution in [0, 0.1) is 12.7 Å². The first-order valence-corrected chi connectivity index (χ1v) is 4.60. The minimum absolute atomic E-state index is 0.114. The number of aliphatic hydroxyl groups is 1. The van der Waals surface area contributed by atoms with Crippen molar-refractivity contribution >= 4 is 10.9 Å². The van der Waals surface area contributed by atoms with Crippen LogP contribution >= 0.6 is 0 Å². The van der Waals surface area contributed by atoms with Crippen LogP contribution < -0.4 is 0 Å². The summed E-state index contributed by atoms with van der Waals surface area (Å²) in [4.78, 5) is 3.03. The van der Waals surface area contributed by atoms with Crippen molar-refractivity contribution in [3.05, 3.63) is 35.3 Å². The van der Waals surface area contributed by atoms with Gasteiger partial charge < -0.3 is 10.1 Å². The van der Waals surface area contributed by atoms with Gasteiger partial charge in [0.1, 0.15) is 5.82 Å². The summed E-state index contributed by atoms with van der Waals surface area (Å²) in [7, 11) is 0. The molecule has 0 radical (unpaired) electrons. The molecule has 0 fully saturated rings. The van der Waals surface area contributed by atoms with Crippen molar-refractivity contribution < 1.29 is 9.50 Å². The van der Waals surface area contributed by atoms with Crippen molar-refractivity contribution in [3.8, 4) is 0 Å². The van der Waals surface area contributed by atoms with E-state index in [1.165, 1.54) is 6.07 Å². The molecule has 2 nitrogen and oxygen atoms in total. The Morgan fingerprint density at radius 1 is 1.43 bits per heavy atom. The molecule has 0 saturated carbocycles. The molecule has 0 spiro atoms. The van der Waals surface area contributed by atoms with E-state index in [-0.39, 0.29) is 12.4 Å². The Kier molecular flexibility index (Phi) is 2.25. The van der Waals surface area contributed by atoms with E-state index in [2.05, 4.69) is 4.98 Å². The van der Waals surface area contributed by atoms with Gasteiger partial charge in [-0.1, -0.05) is 0 Å². The van der Waals surface area contributed by atoms with Crippen molar-refractivity contribution in [3.63, 3.8) is 0 Å². The lowest BCUT2D eigenvalue weighted by Gasteiger charge is -1.99. The highest BCUT2D eigenvalue weighted by Gasteiger charge is 2.07. The highest BCUT2D eigenvalue weighted by molar-refractivity contribution is 5.86. The van der Waals surface area contributed by atoms with E-state index in [0.29, 0.717) is 12.0 Å². The van der Waals surface area contributed by atoms with Crippen molar-refractivity contribution in [1.82, 2.24) is 4.98 Å². The van der Waals surface area contributed by atoms with E-state index < -0.39 is 0 Å². The van der Waals surface area contributed by atoms with Crippen LogP contribution in [-0.2, 0) is 6.42 Å². The van der Waals surface area contributed by atoms with Crippen LogP contribution in [0.3, 0.4) is 0 Å². The van der Waals surface area contributed by atoms with Gasteiger partial charge in [0.15, 0.2) is 0 Å². The van der Waals surface area contributed by atoms with Gasteiger partial charge in [0.05, 0.1) is 5.52 Å². The zero-order valence-corrected chi connectivity index (χ0v) is 7.97. The summed E-state index contributed by atoms with van der Waals surface area (Å²) >= 11 is 0. The van der Waals surface area contributed by atoms with E-state index in [0.717, 1.165) is 16.5 Å². The summed E-state index contributed by atoms with van der Waals surface area (Å²) in [6.45, 7) is 1.86. The Hall–Kier alpha value is -1.35. The van der Waals surface area contributed by atoms with E-state index in [1.54, 1.807) is 13.0 Å². The van der Waals surface area contributed by atoms with Crippen LogP contribution in [0.2, 0.25) is 0 Å². The number of aryl methyl sites for hydroxylation is 1. The first-order chi connectivity index (χ1) is 6.74. The normalized spacial score (nSPS) is 11.1. The van der Waals surface area contributed by atoms with Gasteiger partial charge in [-0.25, -0.2) is 4.39 Å². The first kappa shape index (κ1) is 9.21. The minimum Gasteiger partial charge on any atom is -0.396 e. The maximum Gasteiger partial charge on any atom is 0.128 e. The molecule has 0 aliphatic rings. The van der Waals surface area contributed by atoms with Gasteiger partial charge in [0.25, 0.3) is 0 Å². The van der Waals surface area contributed by atoms with Crippen molar-refractivity contribution in [2.75, 3.05) is 6.61 Å². The zero-order valence-electron chi connectivity index (χ0n) is 7.97. The Bertz CT molecular complexity index is 462. The first-order valence-electron chi connectivity index (χ1n) is 4.60. The predicted molar refractivity (Wildman–Crippen MR) is 53.8 cm³/mol. The molecule has 14 heavy (non-hydrogen) atoms. The van der Waals surface area contributed by atoms with Gasteiger partial charge in [0, 0.05) is 23.8 Å². The number of rotatable bonds is 2. The molecule has 0 amide bonds. The largest absolute Gasteiger partial charge is 0.396 e. The Morgan fingerprint density at radius 2 is 2.21 bits per heavy atom. The van der Waals surface area contributed by atoms with Crippen LogP contribution in [-0.4, -0.2) is 16.7 Å². The smallest absolute Gasteiger partial charge is 0.128 e. The molecule has 3 heteroatoms. The zero-order chi connectivity index (χ0) is 10.1. The maximum absolute atomic E-state index is 13.2. The van der Waals surface area contributed by atoms with E-state index in [9.17, 15) is 4.39 Å². The third kappa shape index (κ3) is 1.30. The number of aromatic amines is 1. The average molecular weight is 193 g/mol. The minimum atomic E-state index is -0.199.